The average Bonchev–Trinajstić information content (AvgIpc) is 2.79. The third-order valence-corrected chi connectivity index (χ3v) is 4.04. The van der Waals surface area contributed by atoms with Crippen LogP contribution in [0.4, 0.5) is 17.6 Å². The van der Waals surface area contributed by atoms with E-state index in [1.54, 1.807) is 0 Å². The minimum Gasteiger partial charge on any atom is -0.310 e. The Kier molecular flexibility index (Phi) is 3.16. The van der Waals surface area contributed by atoms with Crippen molar-refractivity contribution in [3.05, 3.63) is 29.8 Å². The van der Waals surface area contributed by atoms with Crippen molar-refractivity contribution >= 4 is 6.21 Å². The summed E-state index contributed by atoms with van der Waals surface area (Å²) in [6, 6.07) is 1.22. The van der Waals surface area contributed by atoms with Crippen LogP contribution >= 0.6 is 0 Å². The molecule has 8 heteroatoms. The van der Waals surface area contributed by atoms with Gasteiger partial charge in [0, 0.05) is 18.8 Å². The fraction of sp³-hybridized carbons (Fsp3) is 0.538. The van der Waals surface area contributed by atoms with E-state index in [1.165, 1.54) is 5.01 Å². The van der Waals surface area contributed by atoms with Crippen LogP contribution in [0.15, 0.2) is 23.4 Å². The number of hydrogen-bond donors (Lipinski definition) is 1. The zero-order valence-electron chi connectivity index (χ0n) is 11.2. The molecule has 0 aliphatic carbocycles. The highest BCUT2D eigenvalue weighted by Crippen LogP contribution is 2.46. The molecular weight excluding hydrogens is 288 g/mol. The molecule has 4 nitrogen and oxygen atoms in total. The third-order valence-electron chi connectivity index (χ3n) is 4.04. The molecule has 114 valence electrons. The van der Waals surface area contributed by atoms with Gasteiger partial charge < -0.3 is 5.32 Å². The van der Waals surface area contributed by atoms with Crippen molar-refractivity contribution < 1.29 is 17.6 Å². The smallest absolute Gasteiger partial charge is 0.310 e. The molecule has 1 N–H and O–H groups in total. The van der Waals surface area contributed by atoms with Gasteiger partial charge in [-0.1, -0.05) is 0 Å². The summed E-state index contributed by atoms with van der Waals surface area (Å²) < 4.78 is 54.4. The van der Waals surface area contributed by atoms with Gasteiger partial charge >= 0.3 is 6.18 Å². The quantitative estimate of drug-likeness (QED) is 0.803. The summed E-state index contributed by atoms with van der Waals surface area (Å²) in [7, 11) is 0. The van der Waals surface area contributed by atoms with E-state index in [1.807, 2.05) is 6.92 Å². The molecule has 1 fully saturated rings. The van der Waals surface area contributed by atoms with Crippen LogP contribution in [0.2, 0.25) is 0 Å². The van der Waals surface area contributed by atoms with E-state index in [0.717, 1.165) is 24.5 Å². The van der Waals surface area contributed by atoms with Crippen LogP contribution in [-0.4, -0.2) is 47.6 Å². The number of halogens is 4. The number of fused-ring (bicyclic) bond motifs is 1. The van der Waals surface area contributed by atoms with Gasteiger partial charge in [-0.05, 0) is 19.1 Å². The molecule has 21 heavy (non-hydrogen) atoms. The molecule has 2 aliphatic heterocycles. The van der Waals surface area contributed by atoms with Crippen molar-refractivity contribution in [3.8, 4) is 0 Å². The maximum atomic E-state index is 13.8. The molecule has 1 aromatic heterocycles. The van der Waals surface area contributed by atoms with Crippen LogP contribution in [-0.2, 0) is 5.41 Å². The first-order valence-electron chi connectivity index (χ1n) is 6.58. The Labute approximate surface area is 118 Å². The maximum absolute atomic E-state index is 13.8. The lowest BCUT2D eigenvalue weighted by molar-refractivity contribution is -0.183. The molecule has 3 rings (SSSR count). The molecule has 1 saturated heterocycles. The fourth-order valence-electron chi connectivity index (χ4n) is 2.93. The number of pyridine rings is 1. The summed E-state index contributed by atoms with van der Waals surface area (Å²) in [6.45, 7) is 2.41. The molecule has 0 aromatic carbocycles. The van der Waals surface area contributed by atoms with Gasteiger partial charge in [-0.2, -0.15) is 18.3 Å². The summed E-state index contributed by atoms with van der Waals surface area (Å²) in [4.78, 5) is 3.67. The summed E-state index contributed by atoms with van der Waals surface area (Å²) in [5.41, 5.74) is -2.54. The minimum atomic E-state index is -4.57. The number of piperazine rings is 1. The molecule has 0 amide bonds. The van der Waals surface area contributed by atoms with Gasteiger partial charge in [-0.15, -0.1) is 0 Å². The van der Waals surface area contributed by atoms with Gasteiger partial charge in [0.15, 0.2) is 5.41 Å². The number of hydrogen-bond acceptors (Lipinski definition) is 4. The Balaban J connectivity index is 2.08. The summed E-state index contributed by atoms with van der Waals surface area (Å²) >= 11 is 0. The molecule has 0 saturated carbocycles. The standard InChI is InChI=1S/C13H14F4N4/c1-8-6-21-11(5-18-8)12(7-20-21,13(15,16)17)10-3-2-9(14)4-19-10/h2-4,7-8,11,18H,5-6H2,1H3/t8-,11?,12?/m0/s1. The number of aromatic nitrogens is 1. The Morgan fingerprint density at radius 3 is 2.76 bits per heavy atom. The molecule has 1 aromatic rings. The van der Waals surface area contributed by atoms with Crippen LogP contribution < -0.4 is 5.32 Å². The van der Waals surface area contributed by atoms with Crippen LogP contribution in [0, 0.1) is 5.82 Å². The van der Waals surface area contributed by atoms with Crippen molar-refractivity contribution in [1.82, 2.24) is 15.3 Å². The van der Waals surface area contributed by atoms with E-state index in [-0.39, 0.29) is 18.3 Å². The average molecular weight is 302 g/mol. The van der Waals surface area contributed by atoms with E-state index < -0.39 is 23.5 Å². The van der Waals surface area contributed by atoms with Gasteiger partial charge in [0.1, 0.15) is 5.82 Å². The molecule has 3 heterocycles. The van der Waals surface area contributed by atoms with Crippen molar-refractivity contribution in [2.75, 3.05) is 13.1 Å². The SMILES string of the molecule is C[C@H]1CN2N=CC(c3ccc(F)cn3)(C(F)(F)F)C2CN1. The molecule has 0 radical (unpaired) electrons. The molecule has 0 spiro atoms. The minimum absolute atomic E-state index is 0.0589. The monoisotopic (exact) mass is 302 g/mol. The Morgan fingerprint density at radius 2 is 2.14 bits per heavy atom. The lowest BCUT2D eigenvalue weighted by atomic mass is 9.76. The highest BCUT2D eigenvalue weighted by atomic mass is 19.4. The number of hydrazone groups is 1. The molecule has 3 atom stereocenters. The second-order valence-corrected chi connectivity index (χ2v) is 5.42. The molecule has 0 bridgehead atoms. The first-order valence-corrected chi connectivity index (χ1v) is 6.58. The van der Waals surface area contributed by atoms with E-state index in [4.69, 9.17) is 0 Å². The zero-order valence-corrected chi connectivity index (χ0v) is 11.2. The largest absolute Gasteiger partial charge is 0.407 e. The van der Waals surface area contributed by atoms with Gasteiger partial charge in [0.2, 0.25) is 0 Å². The Morgan fingerprint density at radius 1 is 1.38 bits per heavy atom. The van der Waals surface area contributed by atoms with Crippen LogP contribution in [0.3, 0.4) is 0 Å². The predicted octanol–water partition coefficient (Wildman–Crippen LogP) is 1.68. The number of nitrogens with one attached hydrogen (secondary N) is 1. The second kappa shape index (κ2) is 4.66. The Hall–Kier alpha value is -1.70. The zero-order chi connectivity index (χ0) is 15.3. The molecule has 2 unspecified atom stereocenters. The predicted molar refractivity (Wildman–Crippen MR) is 68.4 cm³/mol. The van der Waals surface area contributed by atoms with E-state index in [2.05, 4.69) is 15.4 Å². The van der Waals surface area contributed by atoms with Crippen LogP contribution in [0.5, 0.6) is 0 Å². The summed E-state index contributed by atoms with van der Waals surface area (Å²) in [6.07, 6.45) is -2.86. The van der Waals surface area contributed by atoms with Gasteiger partial charge in [0.25, 0.3) is 0 Å². The van der Waals surface area contributed by atoms with Crippen molar-refractivity contribution in [2.24, 2.45) is 5.10 Å². The number of rotatable bonds is 1. The number of alkyl halides is 3. The first-order chi connectivity index (χ1) is 9.84. The van der Waals surface area contributed by atoms with Crippen molar-refractivity contribution in [2.45, 2.75) is 30.6 Å². The second-order valence-electron chi connectivity index (χ2n) is 5.42. The van der Waals surface area contributed by atoms with Crippen molar-refractivity contribution in [1.29, 1.82) is 0 Å². The topological polar surface area (TPSA) is 40.5 Å². The van der Waals surface area contributed by atoms with E-state index in [0.29, 0.717) is 6.54 Å². The van der Waals surface area contributed by atoms with Gasteiger partial charge in [0.05, 0.1) is 24.5 Å². The van der Waals surface area contributed by atoms with Crippen LogP contribution in [0.1, 0.15) is 12.6 Å². The normalized spacial score (nSPS) is 32.3. The molecule has 2 aliphatic rings. The summed E-state index contributed by atoms with van der Waals surface area (Å²) in [5.74, 6) is -0.668. The first kappa shape index (κ1) is 14.2. The van der Waals surface area contributed by atoms with E-state index in [9.17, 15) is 17.6 Å². The third kappa shape index (κ3) is 2.08. The maximum Gasteiger partial charge on any atom is 0.407 e. The van der Waals surface area contributed by atoms with Crippen molar-refractivity contribution in [3.63, 3.8) is 0 Å². The summed E-state index contributed by atoms with van der Waals surface area (Å²) in [5, 5.41) is 8.42. The number of nitrogens with zero attached hydrogens (tertiary/aromatic N) is 3. The molecular formula is C13H14F4N4. The highest BCUT2D eigenvalue weighted by molar-refractivity contribution is 5.77. The fourth-order valence-corrected chi connectivity index (χ4v) is 2.93. The van der Waals surface area contributed by atoms with Gasteiger partial charge in [-0.3, -0.25) is 9.99 Å². The lowest BCUT2D eigenvalue weighted by Crippen LogP contribution is -2.63. The highest BCUT2D eigenvalue weighted by Gasteiger charge is 2.65. The van der Waals surface area contributed by atoms with Crippen LogP contribution in [0.25, 0.3) is 0 Å². The van der Waals surface area contributed by atoms with Gasteiger partial charge in [-0.25, -0.2) is 4.39 Å². The van der Waals surface area contributed by atoms with E-state index >= 15 is 0 Å². The Bertz CT molecular complexity index is 556. The lowest BCUT2D eigenvalue weighted by Gasteiger charge is -2.42.